The van der Waals surface area contributed by atoms with Crippen LogP contribution in [0.3, 0.4) is 0 Å². The summed E-state index contributed by atoms with van der Waals surface area (Å²) in [5.41, 5.74) is 6.08. The van der Waals surface area contributed by atoms with Crippen molar-refractivity contribution in [3.8, 4) is 22.4 Å². The monoisotopic (exact) mass is 438 g/mol. The number of hydrogen-bond acceptors (Lipinski definition) is 5. The van der Waals surface area contributed by atoms with Crippen LogP contribution in [0.5, 0.6) is 0 Å². The molecule has 33 heavy (non-hydrogen) atoms. The number of pyridine rings is 1. The molecule has 0 saturated carbocycles. The third kappa shape index (κ3) is 5.30. The number of methoxy groups -OCH3 is 1. The second-order valence-electron chi connectivity index (χ2n) is 7.86. The molecule has 1 amide bonds. The fourth-order valence-electron chi connectivity index (χ4n) is 3.67. The second-order valence-corrected chi connectivity index (χ2v) is 7.86. The Hall–Kier alpha value is -3.90. The van der Waals surface area contributed by atoms with Gasteiger partial charge in [0.25, 0.3) is 5.91 Å². The van der Waals surface area contributed by atoms with Crippen molar-refractivity contribution in [3.63, 3.8) is 0 Å². The van der Waals surface area contributed by atoms with Crippen molar-refractivity contribution in [2.24, 2.45) is 0 Å². The van der Waals surface area contributed by atoms with Gasteiger partial charge in [0.2, 0.25) is 0 Å². The molecule has 6 heteroatoms. The van der Waals surface area contributed by atoms with Gasteiger partial charge in [-0.15, -0.1) is 0 Å². The number of nitrogens with one attached hydrogen (secondary N) is 1. The average Bonchev–Trinajstić information content (AvgIpc) is 2.85. The predicted octanol–water partition coefficient (Wildman–Crippen LogP) is 5.15. The first-order valence-electron chi connectivity index (χ1n) is 10.8. The van der Waals surface area contributed by atoms with Crippen LogP contribution >= 0.6 is 0 Å². The zero-order chi connectivity index (χ0) is 23.2. The zero-order valence-electron chi connectivity index (χ0n) is 18.9. The van der Waals surface area contributed by atoms with Gasteiger partial charge >= 0.3 is 0 Å². The van der Waals surface area contributed by atoms with Crippen molar-refractivity contribution in [3.05, 3.63) is 102 Å². The Kier molecular flexibility index (Phi) is 6.86. The second kappa shape index (κ2) is 10.1. The maximum Gasteiger partial charge on any atom is 0.251 e. The largest absolute Gasteiger partial charge is 0.380 e. The number of amides is 1. The van der Waals surface area contributed by atoms with Gasteiger partial charge in [-0.3, -0.25) is 9.78 Å². The SMILES string of the molecule is COCc1ccccc1-c1cc(C(=O)N[C@H](C)c2cnc(C)nc2)cc(-c2ccccn2)c1. The van der Waals surface area contributed by atoms with E-state index in [1.165, 1.54) is 0 Å². The minimum absolute atomic E-state index is 0.175. The first-order chi connectivity index (χ1) is 16.0. The molecule has 0 spiro atoms. The van der Waals surface area contributed by atoms with Crippen molar-refractivity contribution in [2.75, 3.05) is 7.11 Å². The molecule has 0 saturated heterocycles. The molecule has 2 aromatic carbocycles. The van der Waals surface area contributed by atoms with Crippen molar-refractivity contribution in [1.82, 2.24) is 20.3 Å². The van der Waals surface area contributed by atoms with Crippen molar-refractivity contribution in [2.45, 2.75) is 26.5 Å². The fourth-order valence-corrected chi connectivity index (χ4v) is 3.67. The van der Waals surface area contributed by atoms with Gasteiger partial charge in [-0.1, -0.05) is 30.3 Å². The lowest BCUT2D eigenvalue weighted by atomic mass is 9.94. The molecule has 4 aromatic rings. The number of hydrogen-bond donors (Lipinski definition) is 1. The smallest absolute Gasteiger partial charge is 0.251 e. The predicted molar refractivity (Wildman–Crippen MR) is 128 cm³/mol. The quantitative estimate of drug-likeness (QED) is 0.432. The van der Waals surface area contributed by atoms with Gasteiger partial charge in [-0.05, 0) is 60.9 Å². The Morgan fingerprint density at radius 2 is 1.70 bits per heavy atom. The molecule has 0 aliphatic carbocycles. The number of carbonyl (C=O) groups is 1. The molecule has 4 rings (SSSR count). The summed E-state index contributed by atoms with van der Waals surface area (Å²) in [6.07, 6.45) is 5.23. The van der Waals surface area contributed by atoms with Crippen LogP contribution < -0.4 is 5.32 Å². The fraction of sp³-hybridized carbons (Fsp3) is 0.185. The number of aryl methyl sites for hydroxylation is 1. The van der Waals surface area contributed by atoms with Crippen molar-refractivity contribution >= 4 is 5.91 Å². The van der Waals surface area contributed by atoms with E-state index in [1.54, 1.807) is 25.7 Å². The van der Waals surface area contributed by atoms with Gasteiger partial charge in [0.1, 0.15) is 5.82 Å². The number of benzene rings is 2. The van der Waals surface area contributed by atoms with Crippen LogP contribution in [0.4, 0.5) is 0 Å². The Balaban J connectivity index is 1.73. The minimum atomic E-state index is -0.235. The highest BCUT2D eigenvalue weighted by Crippen LogP contribution is 2.30. The maximum absolute atomic E-state index is 13.3. The lowest BCUT2D eigenvalue weighted by Crippen LogP contribution is -2.27. The third-order valence-corrected chi connectivity index (χ3v) is 5.43. The summed E-state index contributed by atoms with van der Waals surface area (Å²) < 4.78 is 5.39. The first-order valence-corrected chi connectivity index (χ1v) is 10.8. The van der Waals surface area contributed by atoms with Gasteiger partial charge in [0.05, 0.1) is 18.3 Å². The molecular weight excluding hydrogens is 412 g/mol. The van der Waals surface area contributed by atoms with Gasteiger partial charge < -0.3 is 10.1 Å². The van der Waals surface area contributed by atoms with E-state index in [9.17, 15) is 4.79 Å². The third-order valence-electron chi connectivity index (χ3n) is 5.43. The first kappa shape index (κ1) is 22.3. The lowest BCUT2D eigenvalue weighted by Gasteiger charge is -2.16. The molecule has 0 aliphatic heterocycles. The Morgan fingerprint density at radius 1 is 0.970 bits per heavy atom. The number of nitrogens with zero attached hydrogens (tertiary/aromatic N) is 3. The number of rotatable bonds is 7. The van der Waals surface area contributed by atoms with Crippen LogP contribution in [-0.4, -0.2) is 28.0 Å². The standard InChI is InChI=1S/C27H26N4O2/c1-18(24-15-29-19(2)30-16-24)31-27(32)23-13-21(25-9-5-4-8-20(25)17-33-3)12-22(14-23)26-10-6-7-11-28-26/h4-16,18H,17H2,1-3H3,(H,31,32)/t18-/m1/s1. The summed E-state index contributed by atoms with van der Waals surface area (Å²) in [5.74, 6) is 0.519. The Morgan fingerprint density at radius 3 is 2.42 bits per heavy atom. The molecule has 166 valence electrons. The van der Waals surface area contributed by atoms with Crippen LogP contribution in [-0.2, 0) is 11.3 Å². The normalized spacial score (nSPS) is 11.7. The highest BCUT2D eigenvalue weighted by Gasteiger charge is 2.16. The van der Waals surface area contributed by atoms with Gasteiger partial charge in [-0.2, -0.15) is 0 Å². The highest BCUT2D eigenvalue weighted by atomic mass is 16.5. The van der Waals surface area contributed by atoms with Crippen LogP contribution in [0.2, 0.25) is 0 Å². The van der Waals surface area contributed by atoms with E-state index < -0.39 is 0 Å². The lowest BCUT2D eigenvalue weighted by molar-refractivity contribution is 0.0940. The molecule has 0 unspecified atom stereocenters. The summed E-state index contributed by atoms with van der Waals surface area (Å²) in [4.78, 5) is 26.2. The average molecular weight is 439 g/mol. The van der Waals surface area contributed by atoms with E-state index in [0.717, 1.165) is 33.5 Å². The number of aromatic nitrogens is 3. The Labute approximate surface area is 193 Å². The molecule has 6 nitrogen and oxygen atoms in total. The van der Waals surface area contributed by atoms with E-state index >= 15 is 0 Å². The molecule has 2 aromatic heterocycles. The summed E-state index contributed by atoms with van der Waals surface area (Å²) in [7, 11) is 1.68. The van der Waals surface area contributed by atoms with Gasteiger partial charge in [0, 0.05) is 42.4 Å². The van der Waals surface area contributed by atoms with Crippen LogP contribution in [0.1, 0.15) is 40.3 Å². The summed E-state index contributed by atoms with van der Waals surface area (Å²) in [5, 5.41) is 3.07. The van der Waals surface area contributed by atoms with Crippen molar-refractivity contribution < 1.29 is 9.53 Å². The molecular formula is C27H26N4O2. The molecule has 0 fully saturated rings. The Bertz CT molecular complexity index is 1240. The van der Waals surface area contributed by atoms with E-state index in [1.807, 2.05) is 68.4 Å². The number of ether oxygens (including phenoxy) is 1. The minimum Gasteiger partial charge on any atom is -0.380 e. The van der Waals surface area contributed by atoms with Crippen LogP contribution in [0.15, 0.2) is 79.3 Å². The molecule has 1 N–H and O–H groups in total. The highest BCUT2D eigenvalue weighted by molar-refractivity contribution is 5.97. The van der Waals surface area contributed by atoms with Crippen LogP contribution in [0, 0.1) is 6.92 Å². The maximum atomic E-state index is 13.3. The van der Waals surface area contributed by atoms with E-state index in [4.69, 9.17) is 4.74 Å². The summed E-state index contributed by atoms with van der Waals surface area (Å²) in [6.45, 7) is 4.23. The van der Waals surface area contributed by atoms with Crippen LogP contribution in [0.25, 0.3) is 22.4 Å². The molecule has 0 bridgehead atoms. The molecule has 1 atom stereocenters. The van der Waals surface area contributed by atoms with Gasteiger partial charge in [-0.25, -0.2) is 9.97 Å². The molecule has 2 heterocycles. The summed E-state index contributed by atoms with van der Waals surface area (Å²) in [6, 6.07) is 19.4. The van der Waals surface area contributed by atoms with Crippen molar-refractivity contribution in [1.29, 1.82) is 0 Å². The zero-order valence-corrected chi connectivity index (χ0v) is 18.9. The molecule has 0 aliphatic rings. The molecule has 0 radical (unpaired) electrons. The van der Waals surface area contributed by atoms with E-state index in [0.29, 0.717) is 18.0 Å². The topological polar surface area (TPSA) is 77.0 Å². The summed E-state index contributed by atoms with van der Waals surface area (Å²) >= 11 is 0. The number of carbonyl (C=O) groups excluding carboxylic acids is 1. The van der Waals surface area contributed by atoms with E-state index in [-0.39, 0.29) is 11.9 Å². The van der Waals surface area contributed by atoms with Gasteiger partial charge in [0.15, 0.2) is 0 Å². The van der Waals surface area contributed by atoms with E-state index in [2.05, 4.69) is 26.3 Å².